The predicted octanol–water partition coefficient (Wildman–Crippen LogP) is 3.91. The van der Waals surface area contributed by atoms with E-state index < -0.39 is 0 Å². The van der Waals surface area contributed by atoms with E-state index in [-0.39, 0.29) is 5.91 Å². The lowest BCUT2D eigenvalue weighted by Crippen LogP contribution is -2.35. The van der Waals surface area contributed by atoms with Crippen molar-refractivity contribution in [1.82, 2.24) is 5.32 Å². The topological polar surface area (TPSA) is 41.1 Å². The van der Waals surface area contributed by atoms with Crippen molar-refractivity contribution in [2.45, 2.75) is 19.8 Å². The number of aryl methyl sites for hydroxylation is 1. The molecule has 2 N–H and O–H groups in total. The summed E-state index contributed by atoms with van der Waals surface area (Å²) in [4.78, 5) is 12.0. The Morgan fingerprint density at radius 1 is 1.18 bits per heavy atom. The van der Waals surface area contributed by atoms with Crippen LogP contribution in [0.15, 0.2) is 48.5 Å². The molecule has 2 rings (SSSR count). The molecule has 3 nitrogen and oxygen atoms in total. The molecule has 0 aromatic heterocycles. The molecule has 0 unspecified atom stereocenters. The summed E-state index contributed by atoms with van der Waals surface area (Å²) in [5.41, 5.74) is 3.07. The van der Waals surface area contributed by atoms with Crippen molar-refractivity contribution in [2.24, 2.45) is 0 Å². The normalized spacial score (nSPS) is 10.1. The van der Waals surface area contributed by atoms with Crippen LogP contribution in [-0.4, -0.2) is 11.0 Å². The van der Waals surface area contributed by atoms with E-state index in [2.05, 4.69) is 46.2 Å². The third-order valence-corrected chi connectivity index (χ3v) is 4.03. The Balaban J connectivity index is 1.94. The van der Waals surface area contributed by atoms with E-state index in [4.69, 9.17) is 12.2 Å². The van der Waals surface area contributed by atoms with Crippen LogP contribution in [0.5, 0.6) is 0 Å². The zero-order chi connectivity index (χ0) is 15.9. The van der Waals surface area contributed by atoms with Crippen LogP contribution in [0.4, 0.5) is 5.69 Å². The molecule has 0 bridgehead atoms. The average Bonchev–Trinajstić information content (AvgIpc) is 2.49. The summed E-state index contributed by atoms with van der Waals surface area (Å²) in [5, 5.41) is 6.15. The van der Waals surface area contributed by atoms with Crippen LogP contribution < -0.4 is 10.6 Å². The molecule has 2 aromatic rings. The first kappa shape index (κ1) is 16.9. The van der Waals surface area contributed by atoms with E-state index in [1.165, 1.54) is 9.13 Å². The zero-order valence-corrected chi connectivity index (χ0v) is 15.2. The largest absolute Gasteiger partial charge is 0.332 e. The third kappa shape index (κ3) is 5.06. The van der Waals surface area contributed by atoms with E-state index in [9.17, 15) is 4.79 Å². The number of hydrogen-bond donors (Lipinski definition) is 2. The van der Waals surface area contributed by atoms with Gasteiger partial charge in [0.1, 0.15) is 0 Å². The molecule has 0 spiro atoms. The minimum Gasteiger partial charge on any atom is -0.332 e. The van der Waals surface area contributed by atoms with Gasteiger partial charge in [-0.3, -0.25) is 4.79 Å². The van der Waals surface area contributed by atoms with Crippen molar-refractivity contribution >= 4 is 51.5 Å². The standard InChI is InChI=1S/C17H17IN2OS/c1-2-13-11-14(18)8-9-15(13)19-17(22)20-16(21)10-12-6-4-3-5-7-12/h3-9,11H,2,10H2,1H3,(H2,19,20,21,22). The Hall–Kier alpha value is -1.47. The molecular weight excluding hydrogens is 407 g/mol. The van der Waals surface area contributed by atoms with Gasteiger partial charge in [0.15, 0.2) is 5.11 Å². The zero-order valence-electron chi connectivity index (χ0n) is 12.2. The summed E-state index contributed by atoms with van der Waals surface area (Å²) >= 11 is 7.51. The number of amides is 1. The van der Waals surface area contributed by atoms with Gasteiger partial charge < -0.3 is 10.6 Å². The Bertz CT molecular complexity index is 674. The van der Waals surface area contributed by atoms with E-state index >= 15 is 0 Å². The molecule has 0 aliphatic rings. The monoisotopic (exact) mass is 424 g/mol. The number of benzene rings is 2. The number of thiocarbonyl (C=S) groups is 1. The minimum atomic E-state index is -0.118. The summed E-state index contributed by atoms with van der Waals surface area (Å²) in [5.74, 6) is -0.118. The minimum absolute atomic E-state index is 0.118. The van der Waals surface area contributed by atoms with Gasteiger partial charge >= 0.3 is 0 Å². The summed E-state index contributed by atoms with van der Waals surface area (Å²) in [6, 6.07) is 15.7. The summed E-state index contributed by atoms with van der Waals surface area (Å²) in [7, 11) is 0. The first-order valence-electron chi connectivity index (χ1n) is 7.01. The van der Waals surface area contributed by atoms with Crippen molar-refractivity contribution in [2.75, 3.05) is 5.32 Å². The predicted molar refractivity (Wildman–Crippen MR) is 103 cm³/mol. The molecule has 0 fully saturated rings. The molecule has 0 aliphatic heterocycles. The van der Waals surface area contributed by atoms with Crippen LogP contribution in [0.1, 0.15) is 18.1 Å². The van der Waals surface area contributed by atoms with Gasteiger partial charge in [-0.2, -0.15) is 0 Å². The smallest absolute Gasteiger partial charge is 0.230 e. The highest BCUT2D eigenvalue weighted by molar-refractivity contribution is 14.1. The van der Waals surface area contributed by atoms with Gasteiger partial charge in [0.25, 0.3) is 0 Å². The van der Waals surface area contributed by atoms with E-state index in [1.54, 1.807) is 0 Å². The molecule has 2 aromatic carbocycles. The number of nitrogens with one attached hydrogen (secondary N) is 2. The van der Waals surface area contributed by atoms with E-state index in [1.807, 2.05) is 42.5 Å². The molecule has 0 radical (unpaired) electrons. The molecule has 0 atom stereocenters. The van der Waals surface area contributed by atoms with Gasteiger partial charge in [-0.15, -0.1) is 0 Å². The molecule has 5 heteroatoms. The second-order valence-electron chi connectivity index (χ2n) is 4.82. The summed E-state index contributed by atoms with van der Waals surface area (Å²) in [6.45, 7) is 2.09. The number of halogens is 1. The van der Waals surface area contributed by atoms with Gasteiger partial charge in [0.2, 0.25) is 5.91 Å². The SMILES string of the molecule is CCc1cc(I)ccc1NC(=S)NC(=O)Cc1ccccc1. The molecule has 114 valence electrons. The van der Waals surface area contributed by atoms with Gasteiger partial charge in [0, 0.05) is 9.26 Å². The Morgan fingerprint density at radius 3 is 2.59 bits per heavy atom. The van der Waals surface area contributed by atoms with Crippen LogP contribution in [-0.2, 0) is 17.6 Å². The molecule has 1 amide bonds. The van der Waals surface area contributed by atoms with Crippen LogP contribution in [0.2, 0.25) is 0 Å². The number of hydrogen-bond acceptors (Lipinski definition) is 2. The lowest BCUT2D eigenvalue weighted by molar-refractivity contribution is -0.119. The molecule has 22 heavy (non-hydrogen) atoms. The Kier molecular flexibility index (Phi) is 6.33. The van der Waals surface area contributed by atoms with Crippen LogP contribution in [0.3, 0.4) is 0 Å². The first-order valence-corrected chi connectivity index (χ1v) is 8.50. The number of rotatable bonds is 4. The van der Waals surface area contributed by atoms with Crippen LogP contribution >= 0.6 is 34.8 Å². The lowest BCUT2D eigenvalue weighted by Gasteiger charge is -2.13. The fourth-order valence-corrected chi connectivity index (χ4v) is 2.86. The highest BCUT2D eigenvalue weighted by Crippen LogP contribution is 2.19. The number of anilines is 1. The van der Waals surface area contributed by atoms with Crippen molar-refractivity contribution in [3.8, 4) is 0 Å². The maximum Gasteiger partial charge on any atom is 0.230 e. The van der Waals surface area contributed by atoms with Gasteiger partial charge in [-0.1, -0.05) is 37.3 Å². The Morgan fingerprint density at radius 2 is 1.91 bits per heavy atom. The molecule has 0 aliphatic carbocycles. The fourth-order valence-electron chi connectivity index (χ4n) is 2.08. The van der Waals surface area contributed by atoms with Crippen molar-refractivity contribution in [3.05, 3.63) is 63.2 Å². The highest BCUT2D eigenvalue weighted by atomic mass is 127. The third-order valence-electron chi connectivity index (χ3n) is 3.16. The lowest BCUT2D eigenvalue weighted by atomic mass is 10.1. The fraction of sp³-hybridized carbons (Fsp3) is 0.176. The Labute approximate surface area is 149 Å². The highest BCUT2D eigenvalue weighted by Gasteiger charge is 2.08. The second kappa shape index (κ2) is 8.24. The van der Waals surface area contributed by atoms with Crippen molar-refractivity contribution in [1.29, 1.82) is 0 Å². The van der Waals surface area contributed by atoms with Crippen LogP contribution in [0.25, 0.3) is 0 Å². The van der Waals surface area contributed by atoms with Crippen molar-refractivity contribution in [3.63, 3.8) is 0 Å². The van der Waals surface area contributed by atoms with Gasteiger partial charge in [0.05, 0.1) is 6.42 Å². The number of carbonyl (C=O) groups excluding carboxylic acids is 1. The van der Waals surface area contributed by atoms with E-state index in [0.29, 0.717) is 11.5 Å². The molecule has 0 heterocycles. The quantitative estimate of drug-likeness (QED) is 0.578. The first-order chi connectivity index (χ1) is 10.6. The molecule has 0 saturated carbocycles. The summed E-state index contributed by atoms with van der Waals surface area (Å²) < 4.78 is 1.18. The van der Waals surface area contributed by atoms with Crippen LogP contribution in [0, 0.1) is 3.57 Å². The maximum absolute atomic E-state index is 12.0. The van der Waals surface area contributed by atoms with Crippen molar-refractivity contribution < 1.29 is 4.79 Å². The molecule has 0 saturated heterocycles. The van der Waals surface area contributed by atoms with Gasteiger partial charge in [-0.25, -0.2) is 0 Å². The molecular formula is C17H17IN2OS. The van der Waals surface area contributed by atoms with E-state index in [0.717, 1.165) is 17.7 Å². The average molecular weight is 424 g/mol. The van der Waals surface area contributed by atoms with Gasteiger partial charge in [-0.05, 0) is 70.6 Å². The maximum atomic E-state index is 12.0. The summed E-state index contributed by atoms with van der Waals surface area (Å²) in [6.07, 6.45) is 1.22. The second-order valence-corrected chi connectivity index (χ2v) is 6.47. The number of carbonyl (C=O) groups is 1.